The molecule has 1 amide bonds. The van der Waals surface area contributed by atoms with E-state index in [4.69, 9.17) is 5.11 Å². The van der Waals surface area contributed by atoms with Crippen molar-refractivity contribution in [2.75, 3.05) is 5.32 Å². The molecule has 0 saturated heterocycles. The summed E-state index contributed by atoms with van der Waals surface area (Å²) in [4.78, 5) is 23.1. The second kappa shape index (κ2) is 5.57. The van der Waals surface area contributed by atoms with Gasteiger partial charge in [0.25, 0.3) is 5.91 Å². The summed E-state index contributed by atoms with van der Waals surface area (Å²) in [5, 5.41) is 11.8. The van der Waals surface area contributed by atoms with Gasteiger partial charge in [0.2, 0.25) is 0 Å². The molecule has 2 N–H and O–H groups in total. The first kappa shape index (κ1) is 13.8. The number of nitrogens with one attached hydrogen (secondary N) is 1. The molecule has 0 aromatic heterocycles. The lowest BCUT2D eigenvalue weighted by molar-refractivity contribution is 0.0695. The van der Waals surface area contributed by atoms with Crippen molar-refractivity contribution in [3.8, 4) is 0 Å². The van der Waals surface area contributed by atoms with Crippen molar-refractivity contribution in [3.05, 3.63) is 64.7 Å². The Kier molecular flexibility index (Phi) is 3.84. The molecule has 4 nitrogen and oxygen atoms in total. The maximum absolute atomic E-state index is 12.1. The maximum Gasteiger partial charge on any atom is 0.336 e. The second-order valence-electron chi connectivity index (χ2n) is 4.66. The lowest BCUT2D eigenvalue weighted by atomic mass is 10.1. The Bertz CT molecular complexity index is 677. The quantitative estimate of drug-likeness (QED) is 0.898. The number of aromatic carboxylic acids is 1. The molecule has 0 saturated carbocycles. The van der Waals surface area contributed by atoms with Gasteiger partial charge in [-0.15, -0.1) is 0 Å². The summed E-state index contributed by atoms with van der Waals surface area (Å²) in [6, 6.07) is 12.0. The van der Waals surface area contributed by atoms with Crippen molar-refractivity contribution in [1.82, 2.24) is 0 Å². The van der Waals surface area contributed by atoms with Crippen LogP contribution in [-0.4, -0.2) is 17.0 Å². The number of carboxylic acids is 1. The van der Waals surface area contributed by atoms with Crippen LogP contribution in [0.1, 0.15) is 31.8 Å². The summed E-state index contributed by atoms with van der Waals surface area (Å²) in [6.07, 6.45) is 0. The monoisotopic (exact) mass is 269 g/mol. The SMILES string of the molecule is Cc1cccc(C(=O)Nc2ccc(C)c(C(=O)O)c2)c1. The largest absolute Gasteiger partial charge is 0.478 e. The molecule has 0 spiro atoms. The summed E-state index contributed by atoms with van der Waals surface area (Å²) < 4.78 is 0. The number of amides is 1. The molecule has 0 aliphatic rings. The zero-order valence-corrected chi connectivity index (χ0v) is 11.3. The number of hydrogen-bond acceptors (Lipinski definition) is 2. The van der Waals surface area contributed by atoms with E-state index in [0.717, 1.165) is 5.56 Å². The van der Waals surface area contributed by atoms with E-state index in [2.05, 4.69) is 5.32 Å². The van der Waals surface area contributed by atoms with Crippen LogP contribution in [0.5, 0.6) is 0 Å². The van der Waals surface area contributed by atoms with E-state index < -0.39 is 5.97 Å². The van der Waals surface area contributed by atoms with Gasteiger partial charge in [-0.25, -0.2) is 4.79 Å². The van der Waals surface area contributed by atoms with E-state index in [1.807, 2.05) is 19.1 Å². The molecule has 0 heterocycles. The Morgan fingerprint density at radius 2 is 1.80 bits per heavy atom. The fourth-order valence-electron chi connectivity index (χ4n) is 1.92. The zero-order valence-electron chi connectivity index (χ0n) is 11.3. The van der Waals surface area contributed by atoms with Crippen molar-refractivity contribution in [1.29, 1.82) is 0 Å². The predicted molar refractivity (Wildman–Crippen MR) is 77.3 cm³/mol. The highest BCUT2D eigenvalue weighted by molar-refractivity contribution is 6.05. The van der Waals surface area contributed by atoms with E-state index in [9.17, 15) is 9.59 Å². The van der Waals surface area contributed by atoms with E-state index in [1.165, 1.54) is 6.07 Å². The number of rotatable bonds is 3. The van der Waals surface area contributed by atoms with Gasteiger partial charge >= 0.3 is 5.97 Å². The van der Waals surface area contributed by atoms with Crippen molar-refractivity contribution in [2.45, 2.75) is 13.8 Å². The molecular formula is C16H15NO3. The molecule has 0 fully saturated rings. The Labute approximate surface area is 117 Å². The van der Waals surface area contributed by atoms with Gasteiger partial charge in [-0.2, -0.15) is 0 Å². The third-order valence-corrected chi connectivity index (χ3v) is 3.01. The van der Waals surface area contributed by atoms with E-state index in [0.29, 0.717) is 16.8 Å². The Morgan fingerprint density at radius 3 is 2.45 bits per heavy atom. The first-order valence-corrected chi connectivity index (χ1v) is 6.19. The number of hydrogen-bond donors (Lipinski definition) is 2. The highest BCUT2D eigenvalue weighted by atomic mass is 16.4. The van der Waals surface area contributed by atoms with Crippen LogP contribution in [0.15, 0.2) is 42.5 Å². The Balaban J connectivity index is 2.24. The highest BCUT2D eigenvalue weighted by Gasteiger charge is 2.10. The zero-order chi connectivity index (χ0) is 14.7. The number of benzene rings is 2. The first-order valence-electron chi connectivity index (χ1n) is 6.19. The fraction of sp³-hybridized carbons (Fsp3) is 0.125. The van der Waals surface area contributed by atoms with Gasteiger partial charge in [-0.3, -0.25) is 4.79 Å². The molecule has 0 aliphatic heterocycles. The van der Waals surface area contributed by atoms with Gasteiger partial charge in [-0.05, 0) is 43.7 Å². The number of carboxylic acid groups (broad SMARTS) is 1. The molecule has 2 aromatic carbocycles. The molecule has 0 atom stereocenters. The first-order chi connectivity index (χ1) is 9.47. The highest BCUT2D eigenvalue weighted by Crippen LogP contribution is 2.16. The summed E-state index contributed by atoms with van der Waals surface area (Å²) in [5.41, 5.74) is 2.85. The third kappa shape index (κ3) is 3.03. The fourth-order valence-corrected chi connectivity index (χ4v) is 1.92. The van der Waals surface area contributed by atoms with Gasteiger partial charge in [-0.1, -0.05) is 23.8 Å². The summed E-state index contributed by atoms with van der Waals surface area (Å²) in [5.74, 6) is -1.26. The molecule has 0 aliphatic carbocycles. The number of carbonyl (C=O) groups excluding carboxylic acids is 1. The minimum Gasteiger partial charge on any atom is -0.478 e. The van der Waals surface area contributed by atoms with Crippen LogP contribution in [0.2, 0.25) is 0 Å². The van der Waals surface area contributed by atoms with Crippen LogP contribution in [0, 0.1) is 13.8 Å². The summed E-state index contributed by atoms with van der Waals surface area (Å²) >= 11 is 0. The smallest absolute Gasteiger partial charge is 0.336 e. The van der Waals surface area contributed by atoms with E-state index >= 15 is 0 Å². The van der Waals surface area contributed by atoms with Crippen molar-refractivity contribution < 1.29 is 14.7 Å². The topological polar surface area (TPSA) is 66.4 Å². The summed E-state index contributed by atoms with van der Waals surface area (Å²) in [6.45, 7) is 3.63. The minimum absolute atomic E-state index is 0.187. The average Bonchev–Trinajstić information content (AvgIpc) is 2.40. The number of anilines is 1. The van der Waals surface area contributed by atoms with Gasteiger partial charge in [0.05, 0.1) is 5.56 Å². The predicted octanol–water partition coefficient (Wildman–Crippen LogP) is 3.25. The minimum atomic E-state index is -1.01. The normalized spacial score (nSPS) is 10.1. The molecule has 0 bridgehead atoms. The lowest BCUT2D eigenvalue weighted by Gasteiger charge is -2.08. The molecule has 2 aromatic rings. The molecule has 102 valence electrons. The molecule has 0 radical (unpaired) electrons. The molecule has 0 unspecified atom stereocenters. The molecular weight excluding hydrogens is 254 g/mol. The van der Waals surface area contributed by atoms with Gasteiger partial charge < -0.3 is 10.4 Å². The van der Waals surface area contributed by atoms with E-state index in [1.54, 1.807) is 31.2 Å². The van der Waals surface area contributed by atoms with Crippen molar-refractivity contribution in [3.63, 3.8) is 0 Å². The van der Waals surface area contributed by atoms with E-state index in [-0.39, 0.29) is 11.5 Å². The number of carbonyl (C=O) groups is 2. The molecule has 2 rings (SSSR count). The van der Waals surface area contributed by atoms with Crippen LogP contribution >= 0.6 is 0 Å². The summed E-state index contributed by atoms with van der Waals surface area (Å²) in [7, 11) is 0. The standard InChI is InChI=1S/C16H15NO3/c1-10-4-3-5-12(8-10)15(18)17-13-7-6-11(2)14(9-13)16(19)20/h3-9H,1-2H3,(H,17,18)(H,19,20). The van der Waals surface area contributed by atoms with Crippen LogP contribution in [-0.2, 0) is 0 Å². The van der Waals surface area contributed by atoms with Gasteiger partial charge in [0.15, 0.2) is 0 Å². The van der Waals surface area contributed by atoms with Gasteiger partial charge in [0.1, 0.15) is 0 Å². The molecule has 4 heteroatoms. The van der Waals surface area contributed by atoms with Gasteiger partial charge in [0, 0.05) is 11.3 Å². The third-order valence-electron chi connectivity index (χ3n) is 3.01. The maximum atomic E-state index is 12.1. The van der Waals surface area contributed by atoms with Crippen LogP contribution < -0.4 is 5.32 Å². The lowest BCUT2D eigenvalue weighted by Crippen LogP contribution is -2.12. The van der Waals surface area contributed by atoms with Crippen LogP contribution in [0.3, 0.4) is 0 Å². The van der Waals surface area contributed by atoms with Crippen molar-refractivity contribution in [2.24, 2.45) is 0 Å². The Morgan fingerprint density at radius 1 is 1.05 bits per heavy atom. The van der Waals surface area contributed by atoms with Crippen LogP contribution in [0.4, 0.5) is 5.69 Å². The Hall–Kier alpha value is -2.62. The average molecular weight is 269 g/mol. The molecule has 20 heavy (non-hydrogen) atoms. The number of aryl methyl sites for hydroxylation is 2. The van der Waals surface area contributed by atoms with Crippen molar-refractivity contribution >= 4 is 17.6 Å². The van der Waals surface area contributed by atoms with Crippen LogP contribution in [0.25, 0.3) is 0 Å². The second-order valence-corrected chi connectivity index (χ2v) is 4.66.